The first-order valence-corrected chi connectivity index (χ1v) is 7.51. The summed E-state index contributed by atoms with van der Waals surface area (Å²) in [5.74, 6) is 0.737. The summed E-state index contributed by atoms with van der Waals surface area (Å²) in [6, 6.07) is 5.71. The average molecular weight is 305 g/mol. The van der Waals surface area contributed by atoms with Gasteiger partial charge < -0.3 is 4.90 Å². The Labute approximate surface area is 128 Å². The summed E-state index contributed by atoms with van der Waals surface area (Å²) in [6.07, 6.45) is 0. The minimum atomic E-state index is -0.186. The predicted octanol–water partition coefficient (Wildman–Crippen LogP) is 1.85. The molecule has 0 N–H and O–H groups in total. The molecule has 0 fully saturated rings. The number of hydrogen-bond acceptors (Lipinski definition) is 5. The van der Waals surface area contributed by atoms with Gasteiger partial charge in [-0.3, -0.25) is 4.79 Å². The van der Waals surface area contributed by atoms with Crippen molar-refractivity contribution in [2.24, 2.45) is 0 Å². The third-order valence-corrected chi connectivity index (χ3v) is 3.95. The van der Waals surface area contributed by atoms with Crippen LogP contribution in [0.15, 0.2) is 23.2 Å². The lowest BCUT2D eigenvalue weighted by atomic mass is 10.4. The van der Waals surface area contributed by atoms with Crippen molar-refractivity contribution >= 4 is 17.7 Å². The first kappa shape index (κ1) is 15.5. The van der Waals surface area contributed by atoms with Crippen molar-refractivity contribution in [3.8, 4) is 5.82 Å². The maximum absolute atomic E-state index is 11.8. The average Bonchev–Trinajstić information content (AvgIpc) is 2.77. The summed E-state index contributed by atoms with van der Waals surface area (Å²) in [6.45, 7) is 5.78. The molecule has 112 valence electrons. The summed E-state index contributed by atoms with van der Waals surface area (Å²) < 4.78 is 1.76. The molecule has 0 unspecified atom stereocenters. The predicted molar refractivity (Wildman–Crippen MR) is 82.6 cm³/mol. The second kappa shape index (κ2) is 6.26. The van der Waals surface area contributed by atoms with Gasteiger partial charge in [0.05, 0.1) is 10.9 Å². The fourth-order valence-electron chi connectivity index (χ4n) is 1.94. The van der Waals surface area contributed by atoms with Gasteiger partial charge in [-0.1, -0.05) is 11.8 Å². The molecule has 6 nitrogen and oxygen atoms in total. The fraction of sp³-hybridized carbons (Fsp3) is 0.429. The van der Waals surface area contributed by atoms with Gasteiger partial charge in [-0.05, 0) is 39.0 Å². The second-order valence-corrected chi connectivity index (χ2v) is 6.42. The van der Waals surface area contributed by atoms with E-state index in [2.05, 4.69) is 15.3 Å². The van der Waals surface area contributed by atoms with Crippen molar-refractivity contribution < 1.29 is 4.79 Å². The van der Waals surface area contributed by atoms with Gasteiger partial charge in [0.1, 0.15) is 5.03 Å². The molecular weight excluding hydrogens is 286 g/mol. The van der Waals surface area contributed by atoms with E-state index >= 15 is 0 Å². The van der Waals surface area contributed by atoms with Gasteiger partial charge >= 0.3 is 0 Å². The van der Waals surface area contributed by atoms with E-state index in [1.54, 1.807) is 23.7 Å². The number of nitrogens with zero attached hydrogens (tertiary/aromatic N) is 5. The van der Waals surface area contributed by atoms with Gasteiger partial charge in [-0.2, -0.15) is 5.10 Å². The molecule has 0 aliphatic rings. The third kappa shape index (κ3) is 3.60. The Morgan fingerprint density at radius 2 is 2.00 bits per heavy atom. The maximum Gasteiger partial charge on any atom is 0.235 e. The van der Waals surface area contributed by atoms with Crippen molar-refractivity contribution in [1.82, 2.24) is 24.9 Å². The minimum absolute atomic E-state index is 0.0597. The molecule has 0 saturated carbocycles. The molecular formula is C14H19N5OS. The Balaban J connectivity index is 2.12. The highest BCUT2D eigenvalue weighted by Crippen LogP contribution is 2.22. The maximum atomic E-state index is 11.8. The van der Waals surface area contributed by atoms with Crippen molar-refractivity contribution in [2.45, 2.75) is 31.0 Å². The van der Waals surface area contributed by atoms with E-state index in [1.807, 2.05) is 39.0 Å². The molecule has 1 atom stereocenters. The molecule has 7 heteroatoms. The Kier molecular flexibility index (Phi) is 4.62. The SMILES string of the molecule is Cc1cc(C)n(-c2ccc(S[C@@H](C)C(=O)N(C)C)nn2)n1. The molecule has 21 heavy (non-hydrogen) atoms. The fourth-order valence-corrected chi connectivity index (χ4v) is 2.85. The lowest BCUT2D eigenvalue weighted by molar-refractivity contribution is -0.127. The molecule has 0 aliphatic carbocycles. The van der Waals surface area contributed by atoms with E-state index < -0.39 is 0 Å². The van der Waals surface area contributed by atoms with Crippen LogP contribution < -0.4 is 0 Å². The highest BCUT2D eigenvalue weighted by molar-refractivity contribution is 8.00. The molecule has 2 aromatic rings. The zero-order valence-corrected chi connectivity index (χ0v) is 13.7. The van der Waals surface area contributed by atoms with E-state index in [9.17, 15) is 4.79 Å². The summed E-state index contributed by atoms with van der Waals surface area (Å²) in [5.41, 5.74) is 1.95. The van der Waals surface area contributed by atoms with Gasteiger partial charge in [-0.15, -0.1) is 10.2 Å². The zero-order chi connectivity index (χ0) is 15.6. The number of amides is 1. The van der Waals surface area contributed by atoms with Crippen LogP contribution in [0.2, 0.25) is 0 Å². The van der Waals surface area contributed by atoms with E-state index in [0.717, 1.165) is 16.4 Å². The lowest BCUT2D eigenvalue weighted by Gasteiger charge is -2.15. The van der Waals surface area contributed by atoms with Gasteiger partial charge in [0.25, 0.3) is 0 Å². The molecule has 2 heterocycles. The number of aromatic nitrogens is 4. The van der Waals surface area contributed by atoms with Crippen molar-refractivity contribution in [2.75, 3.05) is 14.1 Å². The summed E-state index contributed by atoms with van der Waals surface area (Å²) in [7, 11) is 3.49. The molecule has 0 saturated heterocycles. The van der Waals surface area contributed by atoms with Crippen LogP contribution >= 0.6 is 11.8 Å². The molecule has 2 aromatic heterocycles. The van der Waals surface area contributed by atoms with E-state index in [4.69, 9.17) is 0 Å². The van der Waals surface area contributed by atoms with E-state index in [1.165, 1.54) is 11.8 Å². The molecule has 0 aliphatic heterocycles. The van der Waals surface area contributed by atoms with Crippen LogP contribution in [-0.2, 0) is 4.79 Å². The molecule has 0 aromatic carbocycles. The monoisotopic (exact) mass is 305 g/mol. The second-order valence-electron chi connectivity index (χ2n) is 5.06. The van der Waals surface area contributed by atoms with Gasteiger partial charge in [-0.25, -0.2) is 4.68 Å². The largest absolute Gasteiger partial charge is 0.348 e. The summed E-state index contributed by atoms with van der Waals surface area (Å²) >= 11 is 1.40. The number of carbonyl (C=O) groups excluding carboxylic acids is 1. The Bertz CT molecular complexity index is 635. The Hall–Kier alpha value is -1.89. The van der Waals surface area contributed by atoms with E-state index in [0.29, 0.717) is 5.82 Å². The van der Waals surface area contributed by atoms with Gasteiger partial charge in [0, 0.05) is 19.8 Å². The molecule has 0 bridgehead atoms. The number of aryl methyl sites for hydroxylation is 2. The normalized spacial score (nSPS) is 12.2. The third-order valence-electron chi connectivity index (χ3n) is 2.94. The van der Waals surface area contributed by atoms with Crippen LogP contribution in [0, 0.1) is 13.8 Å². The molecule has 0 spiro atoms. The molecule has 1 amide bonds. The number of rotatable bonds is 4. The van der Waals surface area contributed by atoms with Crippen LogP contribution in [0.4, 0.5) is 0 Å². The highest BCUT2D eigenvalue weighted by Gasteiger charge is 2.17. The Morgan fingerprint density at radius 1 is 1.29 bits per heavy atom. The number of thioether (sulfide) groups is 1. The standard InChI is InChI=1S/C14H19N5OS/c1-9-8-10(2)19(17-9)12-6-7-13(16-15-12)21-11(3)14(20)18(4)5/h6-8,11H,1-5H3/t11-/m0/s1. The smallest absolute Gasteiger partial charge is 0.235 e. The van der Waals surface area contributed by atoms with Crippen LogP contribution in [0.3, 0.4) is 0 Å². The van der Waals surface area contributed by atoms with E-state index in [-0.39, 0.29) is 11.2 Å². The van der Waals surface area contributed by atoms with Crippen molar-refractivity contribution in [3.63, 3.8) is 0 Å². The Morgan fingerprint density at radius 3 is 2.48 bits per heavy atom. The molecule has 2 rings (SSSR count). The first-order valence-electron chi connectivity index (χ1n) is 6.63. The number of hydrogen-bond donors (Lipinski definition) is 0. The van der Waals surface area contributed by atoms with Crippen molar-refractivity contribution in [1.29, 1.82) is 0 Å². The van der Waals surface area contributed by atoms with Crippen LogP contribution in [0.5, 0.6) is 0 Å². The van der Waals surface area contributed by atoms with Crippen molar-refractivity contribution in [3.05, 3.63) is 29.6 Å². The van der Waals surface area contributed by atoms with Crippen LogP contribution in [0.1, 0.15) is 18.3 Å². The zero-order valence-electron chi connectivity index (χ0n) is 12.9. The lowest BCUT2D eigenvalue weighted by Crippen LogP contribution is -2.29. The number of carbonyl (C=O) groups is 1. The first-order chi connectivity index (χ1) is 9.88. The molecule has 0 radical (unpaired) electrons. The minimum Gasteiger partial charge on any atom is -0.348 e. The topological polar surface area (TPSA) is 63.9 Å². The summed E-state index contributed by atoms with van der Waals surface area (Å²) in [4.78, 5) is 13.4. The summed E-state index contributed by atoms with van der Waals surface area (Å²) in [5, 5.41) is 13.3. The quantitative estimate of drug-likeness (QED) is 0.807. The van der Waals surface area contributed by atoms with Gasteiger partial charge in [0.15, 0.2) is 5.82 Å². The van der Waals surface area contributed by atoms with Crippen LogP contribution in [0.25, 0.3) is 5.82 Å². The highest BCUT2D eigenvalue weighted by atomic mass is 32.2. The van der Waals surface area contributed by atoms with Crippen LogP contribution in [-0.4, -0.2) is 50.1 Å². The van der Waals surface area contributed by atoms with Gasteiger partial charge in [0.2, 0.25) is 5.91 Å².